The van der Waals surface area contributed by atoms with E-state index in [2.05, 4.69) is 6.07 Å². The second-order valence-corrected chi connectivity index (χ2v) is 1.79. The summed E-state index contributed by atoms with van der Waals surface area (Å²) in [4.78, 5) is 0. The van der Waals surface area contributed by atoms with Gasteiger partial charge in [0.25, 0.3) is 0 Å². The summed E-state index contributed by atoms with van der Waals surface area (Å²) in [5.74, 6) is 0. The van der Waals surface area contributed by atoms with E-state index in [1.54, 1.807) is 0 Å². The van der Waals surface area contributed by atoms with E-state index in [0.717, 1.165) is 12.1 Å². The molecule has 12 heavy (non-hydrogen) atoms. The van der Waals surface area contributed by atoms with E-state index in [4.69, 9.17) is 0 Å². The van der Waals surface area contributed by atoms with Crippen LogP contribution >= 0.6 is 0 Å². The Hall–Kier alpha value is 0.113. The van der Waals surface area contributed by atoms with Crippen LogP contribution in [0.15, 0.2) is 24.3 Å². The van der Waals surface area contributed by atoms with Crippen LogP contribution < -0.4 is 17.0 Å². The second kappa shape index (κ2) is 5.71. The van der Waals surface area contributed by atoms with Crippen molar-refractivity contribution in [1.82, 2.24) is 0 Å². The molecule has 1 rings (SSSR count). The molecular weight excluding hydrogens is 286 g/mol. The molecule has 1 aromatic carbocycles. The number of halogens is 4. The summed E-state index contributed by atoms with van der Waals surface area (Å²) in [6.07, 6.45) is -4.24. The van der Waals surface area contributed by atoms with Crippen molar-refractivity contribution >= 4 is 0 Å². The van der Waals surface area contributed by atoms with E-state index in [9.17, 15) is 13.2 Å². The van der Waals surface area contributed by atoms with E-state index in [0.29, 0.717) is 0 Å². The van der Waals surface area contributed by atoms with E-state index in [1.807, 2.05) is 0 Å². The zero-order valence-electron chi connectivity index (χ0n) is 6.03. The third-order valence-corrected chi connectivity index (χ3v) is 1.03. The van der Waals surface area contributed by atoms with Gasteiger partial charge in [0.05, 0.1) is 5.56 Å². The van der Waals surface area contributed by atoms with Gasteiger partial charge in [-0.15, -0.1) is 0 Å². The molecule has 0 unspecified atom stereocenters. The van der Waals surface area contributed by atoms with Crippen LogP contribution in [0.25, 0.3) is 0 Å². The Labute approximate surface area is 91.7 Å². The third-order valence-electron chi connectivity index (χ3n) is 1.03. The fraction of sp³-hybridized carbons (Fsp3) is 0.143. The number of hydrogen-bond acceptors (Lipinski definition) is 0. The van der Waals surface area contributed by atoms with E-state index >= 15 is 0 Å². The van der Waals surface area contributed by atoms with Crippen molar-refractivity contribution in [2.45, 2.75) is 6.18 Å². The van der Waals surface area contributed by atoms with Gasteiger partial charge in [-0.25, -0.2) is 0 Å². The van der Waals surface area contributed by atoms with E-state index < -0.39 is 11.7 Å². The normalized spacial score (nSPS) is 9.58. The molecule has 0 bridgehead atoms. The van der Waals surface area contributed by atoms with Gasteiger partial charge in [-0.2, -0.15) is 13.2 Å². The molecule has 1 aromatic rings. The van der Waals surface area contributed by atoms with Crippen molar-refractivity contribution in [3.8, 4) is 0 Å². The van der Waals surface area contributed by atoms with Crippen molar-refractivity contribution in [2.24, 2.45) is 0 Å². The first-order chi connectivity index (χ1) is 4.61. The van der Waals surface area contributed by atoms with Crippen LogP contribution in [0.1, 0.15) is 5.56 Å². The molecule has 0 spiro atoms. The summed E-state index contributed by atoms with van der Waals surface area (Å²) < 4.78 is 35.3. The van der Waals surface area contributed by atoms with Crippen LogP contribution in [-0.2, 0) is 25.7 Å². The van der Waals surface area contributed by atoms with E-state index in [1.165, 1.54) is 12.1 Å². The van der Waals surface area contributed by atoms with E-state index in [-0.39, 0.29) is 36.5 Å². The van der Waals surface area contributed by atoms with Gasteiger partial charge >= 0.3 is 6.18 Å². The quantitative estimate of drug-likeness (QED) is 0.566. The summed E-state index contributed by atoms with van der Waals surface area (Å²) in [5.41, 5.74) is -0.657. The monoisotopic (exact) mass is 288 g/mol. The Kier molecular flexibility index (Phi) is 6.96. The fourth-order valence-corrected chi connectivity index (χ4v) is 0.570. The molecule has 0 aliphatic carbocycles. The molecule has 0 saturated heterocycles. The molecule has 0 aliphatic rings. The molecule has 0 N–H and O–H groups in total. The van der Waals surface area contributed by atoms with Crippen LogP contribution in [0.2, 0.25) is 0 Å². The molecule has 0 aliphatic heterocycles. The Morgan fingerprint density at radius 1 is 1.25 bits per heavy atom. The Bertz CT molecular complexity index is 210. The van der Waals surface area contributed by atoms with Gasteiger partial charge in [-0.05, 0) is 18.2 Å². The summed E-state index contributed by atoms with van der Waals surface area (Å²) in [6.45, 7) is 0. The van der Waals surface area contributed by atoms with Crippen molar-refractivity contribution in [3.05, 3.63) is 35.9 Å². The molecule has 0 nitrogen and oxygen atoms in total. The van der Waals surface area contributed by atoms with Gasteiger partial charge in [0.1, 0.15) is 0 Å². The predicted molar refractivity (Wildman–Crippen MR) is 30.3 cm³/mol. The van der Waals surface area contributed by atoms with Crippen molar-refractivity contribution in [2.75, 3.05) is 0 Å². The Morgan fingerprint density at radius 2 is 1.83 bits per heavy atom. The molecule has 0 aromatic heterocycles. The van der Waals surface area contributed by atoms with Crippen LogP contribution in [0.5, 0.6) is 0 Å². The first-order valence-electron chi connectivity index (χ1n) is 2.64. The number of rotatable bonds is 0. The maximum atomic E-state index is 11.8. The first kappa shape index (κ1) is 14.6. The molecule has 1 radical (unpaired) electrons. The molecule has 0 saturated carbocycles. The van der Waals surface area contributed by atoms with Gasteiger partial charge in [-0.3, -0.25) is 0 Å². The zero-order chi connectivity index (χ0) is 7.61. The van der Waals surface area contributed by atoms with Crippen LogP contribution in [0, 0.1) is 6.07 Å². The average molecular weight is 290 g/mol. The topological polar surface area (TPSA) is 0 Å². The molecule has 63 valence electrons. The summed E-state index contributed by atoms with van der Waals surface area (Å²) >= 11 is 0. The predicted octanol–water partition coefficient (Wildman–Crippen LogP) is -0.493. The van der Waals surface area contributed by atoms with Crippen molar-refractivity contribution in [1.29, 1.82) is 0 Å². The molecule has 0 fully saturated rings. The average Bonchev–Trinajstić information content (AvgIpc) is 1.88. The van der Waals surface area contributed by atoms with Gasteiger partial charge < -0.3 is 17.0 Å². The largest absolute Gasteiger partial charge is 1.00 e. The summed E-state index contributed by atoms with van der Waals surface area (Å²) in [6, 6.07) is 7.01. The molecule has 5 heteroatoms. The molecular formula is C7H4BrF3Zn-. The van der Waals surface area contributed by atoms with Gasteiger partial charge in [0, 0.05) is 19.5 Å². The minimum absolute atomic E-state index is 0. The number of benzene rings is 1. The maximum absolute atomic E-state index is 11.8. The fourth-order valence-electron chi connectivity index (χ4n) is 0.570. The number of alkyl halides is 3. The third kappa shape index (κ3) is 4.22. The first-order valence-corrected chi connectivity index (χ1v) is 2.64. The van der Waals surface area contributed by atoms with Crippen molar-refractivity contribution in [3.63, 3.8) is 0 Å². The zero-order valence-corrected chi connectivity index (χ0v) is 10.6. The molecule has 0 heterocycles. The minimum Gasteiger partial charge on any atom is -1.00 e. The summed E-state index contributed by atoms with van der Waals surface area (Å²) in [7, 11) is 0. The Balaban J connectivity index is 0. The summed E-state index contributed by atoms with van der Waals surface area (Å²) in [5, 5.41) is 0. The Morgan fingerprint density at radius 3 is 2.08 bits per heavy atom. The number of hydrogen-bond donors (Lipinski definition) is 0. The van der Waals surface area contributed by atoms with Crippen LogP contribution in [0.4, 0.5) is 13.2 Å². The standard InChI is InChI=1S/C7H4F3.BrH.Zn/c8-7(9,10)6-4-2-1-3-5-6;;/h1-2,4-5H;1H;/p-1. The van der Waals surface area contributed by atoms with Gasteiger partial charge in [0.15, 0.2) is 0 Å². The van der Waals surface area contributed by atoms with Crippen LogP contribution in [-0.4, -0.2) is 0 Å². The SMILES string of the molecule is FC(F)(F)c1c[c]ccc1.[Br-].[Zn]. The molecule has 0 atom stereocenters. The van der Waals surface area contributed by atoms with Gasteiger partial charge in [-0.1, -0.05) is 12.1 Å². The smallest absolute Gasteiger partial charge is 0.416 e. The minimum atomic E-state index is -4.24. The van der Waals surface area contributed by atoms with Crippen molar-refractivity contribution < 1.29 is 49.6 Å². The van der Waals surface area contributed by atoms with Gasteiger partial charge in [0.2, 0.25) is 0 Å². The molecule has 0 amide bonds. The maximum Gasteiger partial charge on any atom is 0.416 e. The van der Waals surface area contributed by atoms with Crippen LogP contribution in [0.3, 0.4) is 0 Å². The second-order valence-electron chi connectivity index (χ2n) is 1.79.